The van der Waals surface area contributed by atoms with Gasteiger partial charge in [-0.15, -0.1) is 0 Å². The Hall–Kier alpha value is -2.40. The molecule has 1 aliphatic rings. The quantitative estimate of drug-likeness (QED) is 0.686. The second-order valence-corrected chi connectivity index (χ2v) is 8.64. The van der Waals surface area contributed by atoms with Gasteiger partial charge in [0.2, 0.25) is 11.8 Å². The average Bonchev–Trinajstić information content (AvgIpc) is 3.54. The van der Waals surface area contributed by atoms with Crippen molar-refractivity contribution in [1.29, 1.82) is 0 Å². The van der Waals surface area contributed by atoms with Crippen molar-refractivity contribution < 1.29 is 9.59 Å². The number of amides is 2. The Morgan fingerprint density at radius 3 is 2.41 bits per heavy atom. The molecule has 1 aliphatic carbocycles. The molecular formula is C24H33N3O2. The number of carbonyl (C=O) groups is 2. The first-order valence-corrected chi connectivity index (χ1v) is 10.6. The maximum atomic E-state index is 12.7. The largest absolute Gasteiger partial charge is 0.353 e. The van der Waals surface area contributed by atoms with Gasteiger partial charge in [0.1, 0.15) is 6.04 Å². The highest BCUT2D eigenvalue weighted by Gasteiger charge is 2.30. The van der Waals surface area contributed by atoms with E-state index in [1.165, 1.54) is 12.8 Å². The first-order valence-electron chi connectivity index (χ1n) is 10.6. The molecule has 2 aromatic carbocycles. The van der Waals surface area contributed by atoms with Crippen LogP contribution in [0.2, 0.25) is 0 Å². The van der Waals surface area contributed by atoms with Gasteiger partial charge in [-0.3, -0.25) is 14.5 Å². The van der Waals surface area contributed by atoms with Gasteiger partial charge in [0, 0.05) is 18.6 Å². The molecule has 0 aromatic heterocycles. The van der Waals surface area contributed by atoms with Gasteiger partial charge >= 0.3 is 0 Å². The summed E-state index contributed by atoms with van der Waals surface area (Å²) in [5.41, 5.74) is 0.948. The molecule has 0 aliphatic heterocycles. The van der Waals surface area contributed by atoms with E-state index in [0.717, 1.165) is 16.3 Å². The SMILES string of the molecule is CC(C)C(NC(=O)Cc1ccc2ccccc2c1)C(=O)NCC(C)N(C)C1CC1. The Balaban J connectivity index is 1.55. The van der Waals surface area contributed by atoms with Gasteiger partial charge in [-0.05, 0) is 49.1 Å². The van der Waals surface area contributed by atoms with Crippen molar-refractivity contribution in [2.45, 2.75) is 58.2 Å². The molecule has 0 bridgehead atoms. The molecule has 2 aromatic rings. The number of benzene rings is 2. The van der Waals surface area contributed by atoms with Crippen LogP contribution in [-0.2, 0) is 16.0 Å². The van der Waals surface area contributed by atoms with Crippen molar-refractivity contribution in [2.24, 2.45) is 5.92 Å². The lowest BCUT2D eigenvalue weighted by Crippen LogP contribution is -2.52. The number of likely N-dealkylation sites (N-methyl/N-ethyl adjacent to an activating group) is 1. The molecule has 2 amide bonds. The van der Waals surface area contributed by atoms with Crippen molar-refractivity contribution in [3.05, 3.63) is 48.0 Å². The zero-order valence-electron chi connectivity index (χ0n) is 17.9. The molecule has 0 heterocycles. The first-order chi connectivity index (χ1) is 13.8. The fourth-order valence-electron chi connectivity index (χ4n) is 3.64. The van der Waals surface area contributed by atoms with E-state index in [0.29, 0.717) is 12.6 Å². The van der Waals surface area contributed by atoms with Crippen molar-refractivity contribution in [2.75, 3.05) is 13.6 Å². The monoisotopic (exact) mass is 395 g/mol. The third-order valence-corrected chi connectivity index (χ3v) is 5.83. The fourth-order valence-corrected chi connectivity index (χ4v) is 3.64. The van der Waals surface area contributed by atoms with Crippen molar-refractivity contribution >= 4 is 22.6 Å². The molecule has 1 saturated carbocycles. The van der Waals surface area contributed by atoms with Crippen LogP contribution in [0.3, 0.4) is 0 Å². The molecule has 0 spiro atoms. The van der Waals surface area contributed by atoms with Crippen LogP contribution in [0.5, 0.6) is 0 Å². The maximum absolute atomic E-state index is 12.7. The second-order valence-electron chi connectivity index (χ2n) is 8.64. The zero-order valence-corrected chi connectivity index (χ0v) is 17.9. The van der Waals surface area contributed by atoms with Crippen molar-refractivity contribution in [3.63, 3.8) is 0 Å². The van der Waals surface area contributed by atoms with Gasteiger partial charge in [-0.1, -0.05) is 56.3 Å². The van der Waals surface area contributed by atoms with E-state index in [9.17, 15) is 9.59 Å². The van der Waals surface area contributed by atoms with Gasteiger partial charge in [-0.25, -0.2) is 0 Å². The van der Waals surface area contributed by atoms with E-state index < -0.39 is 6.04 Å². The molecule has 156 valence electrons. The van der Waals surface area contributed by atoms with Crippen LogP contribution >= 0.6 is 0 Å². The van der Waals surface area contributed by atoms with E-state index in [4.69, 9.17) is 0 Å². The molecule has 3 rings (SSSR count). The van der Waals surface area contributed by atoms with Crippen LogP contribution in [0.25, 0.3) is 10.8 Å². The van der Waals surface area contributed by atoms with Crippen LogP contribution in [0.15, 0.2) is 42.5 Å². The Kier molecular flexibility index (Phi) is 6.91. The van der Waals surface area contributed by atoms with Crippen molar-refractivity contribution in [3.8, 4) is 0 Å². The highest BCUT2D eigenvalue weighted by atomic mass is 16.2. The summed E-state index contributed by atoms with van der Waals surface area (Å²) in [6.07, 6.45) is 2.75. The number of carbonyl (C=O) groups excluding carboxylic acids is 2. The van der Waals surface area contributed by atoms with Crippen LogP contribution in [-0.4, -0.2) is 48.4 Å². The third kappa shape index (κ3) is 5.80. The molecule has 5 nitrogen and oxygen atoms in total. The molecule has 2 atom stereocenters. The summed E-state index contributed by atoms with van der Waals surface area (Å²) in [6, 6.07) is 14.6. The van der Waals surface area contributed by atoms with E-state index in [2.05, 4.69) is 35.6 Å². The number of nitrogens with zero attached hydrogens (tertiary/aromatic N) is 1. The van der Waals surface area contributed by atoms with E-state index >= 15 is 0 Å². The average molecular weight is 396 g/mol. The molecule has 29 heavy (non-hydrogen) atoms. The second kappa shape index (κ2) is 9.40. The Labute approximate surface area is 173 Å². The lowest BCUT2D eigenvalue weighted by Gasteiger charge is -2.27. The molecule has 2 unspecified atom stereocenters. The van der Waals surface area contributed by atoms with Gasteiger partial charge in [-0.2, -0.15) is 0 Å². The maximum Gasteiger partial charge on any atom is 0.242 e. The highest BCUT2D eigenvalue weighted by Crippen LogP contribution is 2.26. The number of hydrogen-bond acceptors (Lipinski definition) is 3. The van der Waals surface area contributed by atoms with Gasteiger partial charge in [0.05, 0.1) is 6.42 Å². The normalized spacial score (nSPS) is 16.1. The molecule has 0 radical (unpaired) electrons. The van der Waals surface area contributed by atoms with E-state index in [1.807, 2.05) is 50.2 Å². The standard InChI is InChI=1S/C24H33N3O2/c1-16(2)23(24(29)25-15-17(3)27(4)21-11-12-21)26-22(28)14-18-9-10-19-7-5-6-8-20(19)13-18/h5-10,13,16-17,21,23H,11-12,14-15H2,1-4H3,(H,25,29)(H,26,28). The minimum atomic E-state index is -0.526. The van der Waals surface area contributed by atoms with Gasteiger partial charge in [0.25, 0.3) is 0 Å². The predicted molar refractivity (Wildman–Crippen MR) is 118 cm³/mol. The van der Waals surface area contributed by atoms with Crippen LogP contribution in [0, 0.1) is 5.92 Å². The topological polar surface area (TPSA) is 61.4 Å². The predicted octanol–water partition coefficient (Wildman–Crippen LogP) is 3.12. The summed E-state index contributed by atoms with van der Waals surface area (Å²) < 4.78 is 0. The molecule has 2 N–H and O–H groups in total. The summed E-state index contributed by atoms with van der Waals surface area (Å²) in [4.78, 5) is 27.7. The first kappa shape index (κ1) is 21.3. The smallest absolute Gasteiger partial charge is 0.242 e. The Bertz CT molecular complexity index is 860. The minimum absolute atomic E-state index is 0.0204. The van der Waals surface area contributed by atoms with Gasteiger partial charge < -0.3 is 10.6 Å². The third-order valence-electron chi connectivity index (χ3n) is 5.83. The van der Waals surface area contributed by atoms with Crippen LogP contribution in [0.4, 0.5) is 0 Å². The number of fused-ring (bicyclic) bond motifs is 1. The summed E-state index contributed by atoms with van der Waals surface area (Å²) in [6.45, 7) is 6.64. The molecular weight excluding hydrogens is 362 g/mol. The summed E-state index contributed by atoms with van der Waals surface area (Å²) in [7, 11) is 2.11. The van der Waals surface area contributed by atoms with E-state index in [-0.39, 0.29) is 30.2 Å². The number of rotatable bonds is 9. The molecule has 0 saturated heterocycles. The summed E-state index contributed by atoms with van der Waals surface area (Å²) in [5.74, 6) is -0.216. The number of hydrogen-bond donors (Lipinski definition) is 2. The number of nitrogens with one attached hydrogen (secondary N) is 2. The Morgan fingerprint density at radius 2 is 1.76 bits per heavy atom. The summed E-state index contributed by atoms with van der Waals surface area (Å²) >= 11 is 0. The lowest BCUT2D eigenvalue weighted by molar-refractivity contribution is -0.129. The minimum Gasteiger partial charge on any atom is -0.353 e. The Morgan fingerprint density at radius 1 is 1.07 bits per heavy atom. The van der Waals surface area contributed by atoms with E-state index in [1.54, 1.807) is 0 Å². The lowest BCUT2D eigenvalue weighted by atomic mass is 10.0. The van der Waals surface area contributed by atoms with Gasteiger partial charge in [0.15, 0.2) is 0 Å². The highest BCUT2D eigenvalue weighted by molar-refractivity contribution is 5.89. The molecule has 1 fully saturated rings. The molecule has 5 heteroatoms. The zero-order chi connectivity index (χ0) is 21.0. The van der Waals surface area contributed by atoms with Crippen LogP contribution in [0.1, 0.15) is 39.2 Å². The fraction of sp³-hybridized carbons (Fsp3) is 0.500. The summed E-state index contributed by atoms with van der Waals surface area (Å²) in [5, 5.41) is 8.23. The van der Waals surface area contributed by atoms with Crippen molar-refractivity contribution in [1.82, 2.24) is 15.5 Å². The van der Waals surface area contributed by atoms with Crippen LogP contribution < -0.4 is 10.6 Å².